The number of carbonyl (C=O) groups excluding carboxylic acids is 1. The van der Waals surface area contributed by atoms with Crippen LogP contribution in [-0.4, -0.2) is 36.5 Å². The van der Waals surface area contributed by atoms with Crippen LogP contribution in [0, 0.1) is 11.3 Å². The summed E-state index contributed by atoms with van der Waals surface area (Å²) in [5.74, 6) is 0.116. The minimum absolute atomic E-state index is 0.0000626. The van der Waals surface area contributed by atoms with Gasteiger partial charge in [0.2, 0.25) is 5.72 Å². The number of pyridine rings is 1. The van der Waals surface area contributed by atoms with Crippen LogP contribution in [0.4, 0.5) is 11.4 Å². The maximum Gasteiger partial charge on any atom is 0.325 e. The second kappa shape index (κ2) is 6.54. The lowest BCUT2D eigenvalue weighted by Gasteiger charge is -2.45. The van der Waals surface area contributed by atoms with Crippen LogP contribution in [-0.2, 0) is 14.9 Å². The molecule has 5 rings (SSSR count). The Morgan fingerprint density at radius 3 is 2.84 bits per heavy atom. The van der Waals surface area contributed by atoms with E-state index in [2.05, 4.69) is 24.9 Å². The molecule has 0 bridgehead atoms. The number of methoxy groups -OCH3 is 1. The van der Waals surface area contributed by atoms with E-state index in [0.29, 0.717) is 27.9 Å². The standard InChI is InChI=1S/C24H20N4O3/c1-23(2)17-8-4-5-9-19(17)28(13-20(29)30-3)24(23)14-27-18-11-15(12-25)16-7-6-10-26-21(16)22(18)31-24/h4-11,14H,13H2,1-3H3. The molecule has 0 N–H and O–H groups in total. The molecular formula is C24H20N4O3. The molecule has 154 valence electrons. The van der Waals surface area contributed by atoms with Crippen molar-refractivity contribution in [3.05, 3.63) is 59.8 Å². The molecule has 7 heteroatoms. The molecule has 0 saturated heterocycles. The summed E-state index contributed by atoms with van der Waals surface area (Å²) in [5, 5.41) is 10.3. The zero-order chi connectivity index (χ0) is 21.8. The zero-order valence-electron chi connectivity index (χ0n) is 17.4. The van der Waals surface area contributed by atoms with Crippen molar-refractivity contribution in [2.45, 2.75) is 25.0 Å². The Morgan fingerprint density at radius 1 is 1.26 bits per heavy atom. The number of aliphatic imine (C=N–C) groups is 1. The quantitative estimate of drug-likeness (QED) is 0.594. The highest BCUT2D eigenvalue weighted by atomic mass is 16.5. The van der Waals surface area contributed by atoms with Crippen molar-refractivity contribution in [2.75, 3.05) is 18.6 Å². The lowest BCUT2D eigenvalue weighted by atomic mass is 9.77. The maximum atomic E-state index is 12.3. The summed E-state index contributed by atoms with van der Waals surface area (Å²) in [4.78, 5) is 23.5. The number of anilines is 1. The van der Waals surface area contributed by atoms with E-state index in [9.17, 15) is 10.1 Å². The zero-order valence-corrected chi connectivity index (χ0v) is 17.4. The topological polar surface area (TPSA) is 87.8 Å². The predicted octanol–water partition coefficient (Wildman–Crippen LogP) is 3.87. The Kier molecular flexibility index (Phi) is 4.02. The van der Waals surface area contributed by atoms with E-state index in [4.69, 9.17) is 14.5 Å². The van der Waals surface area contributed by atoms with Gasteiger partial charge in [0.15, 0.2) is 5.75 Å². The van der Waals surface area contributed by atoms with Crippen LogP contribution in [0.25, 0.3) is 10.9 Å². The summed E-state index contributed by atoms with van der Waals surface area (Å²) in [5.41, 5.74) is 1.90. The van der Waals surface area contributed by atoms with E-state index in [1.807, 2.05) is 35.2 Å². The number of benzene rings is 2. The third-order valence-electron chi connectivity index (χ3n) is 6.26. The molecule has 0 aliphatic carbocycles. The monoisotopic (exact) mass is 412 g/mol. The van der Waals surface area contributed by atoms with Crippen molar-refractivity contribution in [2.24, 2.45) is 4.99 Å². The van der Waals surface area contributed by atoms with E-state index in [1.54, 1.807) is 24.5 Å². The van der Waals surface area contributed by atoms with Crippen LogP contribution in [0.1, 0.15) is 25.0 Å². The predicted molar refractivity (Wildman–Crippen MR) is 117 cm³/mol. The first-order valence-corrected chi connectivity index (χ1v) is 9.93. The van der Waals surface area contributed by atoms with Crippen LogP contribution in [0.2, 0.25) is 0 Å². The third kappa shape index (κ3) is 2.48. The van der Waals surface area contributed by atoms with E-state index in [-0.39, 0.29) is 12.5 Å². The van der Waals surface area contributed by atoms with E-state index in [1.165, 1.54) is 7.11 Å². The SMILES string of the molecule is COC(=O)CN1c2ccccc2C(C)(C)C12C=Nc1cc(C#N)c3cccnc3c1O2. The van der Waals surface area contributed by atoms with Gasteiger partial charge in [0, 0.05) is 17.3 Å². The molecular weight excluding hydrogens is 392 g/mol. The number of hydrogen-bond acceptors (Lipinski definition) is 7. The molecule has 2 aromatic carbocycles. The van der Waals surface area contributed by atoms with Gasteiger partial charge in [-0.15, -0.1) is 0 Å². The van der Waals surface area contributed by atoms with Gasteiger partial charge in [0.05, 0.1) is 30.4 Å². The smallest absolute Gasteiger partial charge is 0.325 e. The molecule has 1 aromatic heterocycles. The van der Waals surface area contributed by atoms with Gasteiger partial charge in [-0.25, -0.2) is 0 Å². The second-order valence-corrected chi connectivity index (χ2v) is 8.14. The van der Waals surface area contributed by atoms with E-state index < -0.39 is 11.1 Å². The molecule has 0 radical (unpaired) electrons. The number of esters is 1. The number of hydrogen-bond donors (Lipinski definition) is 0. The number of nitriles is 1. The highest BCUT2D eigenvalue weighted by molar-refractivity contribution is 5.98. The Morgan fingerprint density at radius 2 is 2.06 bits per heavy atom. The van der Waals surface area contributed by atoms with Crippen LogP contribution >= 0.6 is 0 Å². The molecule has 0 saturated carbocycles. The van der Waals surface area contributed by atoms with Crippen LogP contribution in [0.5, 0.6) is 5.75 Å². The average molecular weight is 412 g/mol. The van der Waals surface area contributed by atoms with Crippen LogP contribution in [0.15, 0.2) is 53.7 Å². The summed E-state index contributed by atoms with van der Waals surface area (Å²) in [6, 6.07) is 15.5. The normalized spacial score (nSPS) is 20.1. The van der Waals surface area contributed by atoms with E-state index >= 15 is 0 Å². The van der Waals surface area contributed by atoms with E-state index in [0.717, 1.165) is 11.3 Å². The van der Waals surface area contributed by atoms with Gasteiger partial charge in [-0.05, 0) is 43.7 Å². The van der Waals surface area contributed by atoms with Crippen molar-refractivity contribution in [3.8, 4) is 11.8 Å². The number of aromatic nitrogens is 1. The summed E-state index contributed by atoms with van der Waals surface area (Å²) in [7, 11) is 1.37. The summed E-state index contributed by atoms with van der Waals surface area (Å²) in [6.07, 6.45) is 3.40. The van der Waals surface area contributed by atoms with Gasteiger partial charge >= 0.3 is 5.97 Å². The lowest BCUT2D eigenvalue weighted by Crippen LogP contribution is -2.63. The summed E-state index contributed by atoms with van der Waals surface area (Å²) < 4.78 is 11.7. The molecule has 31 heavy (non-hydrogen) atoms. The number of para-hydroxylation sites is 1. The van der Waals surface area contributed by atoms with Crippen molar-refractivity contribution in [1.29, 1.82) is 5.26 Å². The molecule has 3 aromatic rings. The Bertz CT molecular complexity index is 1310. The molecule has 3 heterocycles. The molecule has 1 atom stereocenters. The molecule has 2 aliphatic heterocycles. The second-order valence-electron chi connectivity index (χ2n) is 8.14. The first kappa shape index (κ1) is 19.1. The number of carbonyl (C=O) groups is 1. The maximum absolute atomic E-state index is 12.3. The molecule has 1 unspecified atom stereocenters. The Labute approximate surface area is 179 Å². The summed E-state index contributed by atoms with van der Waals surface area (Å²) in [6.45, 7) is 4.14. The minimum atomic E-state index is -1.07. The van der Waals surface area contributed by atoms with Gasteiger partial charge < -0.3 is 14.4 Å². The van der Waals surface area contributed by atoms with Gasteiger partial charge in [-0.2, -0.15) is 5.26 Å². The molecule has 2 aliphatic rings. The minimum Gasteiger partial charge on any atom is -0.468 e. The Balaban J connectivity index is 1.75. The van der Waals surface area contributed by atoms with Gasteiger partial charge in [0.1, 0.15) is 17.7 Å². The first-order chi connectivity index (χ1) is 14.9. The largest absolute Gasteiger partial charge is 0.468 e. The summed E-state index contributed by atoms with van der Waals surface area (Å²) >= 11 is 0. The molecule has 0 fully saturated rings. The fourth-order valence-electron chi connectivity index (χ4n) is 4.59. The van der Waals surface area contributed by atoms with Crippen molar-refractivity contribution < 1.29 is 14.3 Å². The van der Waals surface area contributed by atoms with Gasteiger partial charge in [0.25, 0.3) is 0 Å². The van der Waals surface area contributed by atoms with Crippen molar-refractivity contribution in [3.63, 3.8) is 0 Å². The van der Waals surface area contributed by atoms with Crippen LogP contribution in [0.3, 0.4) is 0 Å². The highest BCUT2D eigenvalue weighted by Gasteiger charge is 2.60. The van der Waals surface area contributed by atoms with Crippen molar-refractivity contribution >= 4 is 34.5 Å². The first-order valence-electron chi connectivity index (χ1n) is 9.93. The number of nitrogens with zero attached hydrogens (tertiary/aromatic N) is 4. The highest BCUT2D eigenvalue weighted by Crippen LogP contribution is 2.55. The molecule has 0 amide bonds. The lowest BCUT2D eigenvalue weighted by molar-refractivity contribution is -0.139. The molecule has 1 spiro atoms. The van der Waals surface area contributed by atoms with Crippen LogP contribution < -0.4 is 9.64 Å². The number of rotatable bonds is 2. The van der Waals surface area contributed by atoms with Gasteiger partial charge in [-0.1, -0.05) is 18.2 Å². The number of fused-ring (bicyclic) bond motifs is 4. The average Bonchev–Trinajstić information content (AvgIpc) is 2.97. The number of ether oxygens (including phenoxy) is 2. The molecule has 7 nitrogen and oxygen atoms in total. The van der Waals surface area contributed by atoms with Gasteiger partial charge in [-0.3, -0.25) is 14.8 Å². The fourth-order valence-corrected chi connectivity index (χ4v) is 4.59. The fraction of sp³-hybridized carbons (Fsp3) is 0.250. The Hall–Kier alpha value is -3.92. The van der Waals surface area contributed by atoms with Crippen molar-refractivity contribution in [1.82, 2.24) is 4.98 Å². The third-order valence-corrected chi connectivity index (χ3v) is 6.26.